The fourth-order valence-corrected chi connectivity index (χ4v) is 2.07. The number of benzene rings is 1. The van der Waals surface area contributed by atoms with Gasteiger partial charge in [0.05, 0.1) is 5.56 Å². The van der Waals surface area contributed by atoms with Crippen LogP contribution >= 0.6 is 0 Å². The first-order valence-corrected chi connectivity index (χ1v) is 6.88. The Balaban J connectivity index is 1.75. The normalized spacial score (nSPS) is 19.7. The average molecular weight is 290 g/mol. The maximum Gasteiger partial charge on any atom is 0.335 e. The van der Waals surface area contributed by atoms with Crippen LogP contribution in [0, 0.1) is 11.8 Å². The topological polar surface area (TPSA) is 95.5 Å². The SMILES string of the molecule is CC1CC1C(=O)NCCC(=O)Nc1cccc(C(=O)O)c1. The first kappa shape index (κ1) is 15.0. The molecule has 6 nitrogen and oxygen atoms in total. The van der Waals surface area contributed by atoms with E-state index in [-0.39, 0.29) is 36.3 Å². The molecule has 2 amide bonds. The van der Waals surface area contributed by atoms with Crippen LogP contribution in [0.25, 0.3) is 0 Å². The molecule has 0 aliphatic heterocycles. The molecule has 2 atom stereocenters. The third-order valence-electron chi connectivity index (χ3n) is 3.49. The zero-order valence-corrected chi connectivity index (χ0v) is 11.8. The summed E-state index contributed by atoms with van der Waals surface area (Å²) in [6.07, 6.45) is 1.07. The number of carboxylic acids is 1. The van der Waals surface area contributed by atoms with Crippen LogP contribution in [-0.4, -0.2) is 29.4 Å². The predicted octanol–water partition coefficient (Wildman–Crippen LogP) is 1.49. The van der Waals surface area contributed by atoms with E-state index >= 15 is 0 Å². The molecule has 0 spiro atoms. The van der Waals surface area contributed by atoms with Crippen molar-refractivity contribution in [2.24, 2.45) is 11.8 Å². The molecule has 0 saturated heterocycles. The number of anilines is 1. The van der Waals surface area contributed by atoms with Crippen LogP contribution in [0.5, 0.6) is 0 Å². The zero-order chi connectivity index (χ0) is 15.4. The second-order valence-electron chi connectivity index (χ2n) is 5.29. The van der Waals surface area contributed by atoms with E-state index in [0.717, 1.165) is 6.42 Å². The molecule has 0 heterocycles. The molecule has 6 heteroatoms. The summed E-state index contributed by atoms with van der Waals surface area (Å²) in [7, 11) is 0. The monoisotopic (exact) mass is 290 g/mol. The molecule has 1 aliphatic rings. The van der Waals surface area contributed by atoms with Gasteiger partial charge in [-0.05, 0) is 30.5 Å². The summed E-state index contributed by atoms with van der Waals surface area (Å²) in [6.45, 7) is 2.30. The summed E-state index contributed by atoms with van der Waals surface area (Å²) in [4.78, 5) is 34.1. The maximum atomic E-state index is 11.7. The van der Waals surface area contributed by atoms with Gasteiger partial charge in [-0.3, -0.25) is 9.59 Å². The second-order valence-corrected chi connectivity index (χ2v) is 5.29. The molecule has 21 heavy (non-hydrogen) atoms. The van der Waals surface area contributed by atoms with Crippen molar-refractivity contribution < 1.29 is 19.5 Å². The van der Waals surface area contributed by atoms with Crippen molar-refractivity contribution in [1.29, 1.82) is 0 Å². The van der Waals surface area contributed by atoms with Crippen LogP contribution in [-0.2, 0) is 9.59 Å². The van der Waals surface area contributed by atoms with Crippen molar-refractivity contribution in [3.05, 3.63) is 29.8 Å². The van der Waals surface area contributed by atoms with Gasteiger partial charge in [0, 0.05) is 24.6 Å². The highest BCUT2D eigenvalue weighted by Gasteiger charge is 2.38. The Kier molecular flexibility index (Phi) is 4.57. The van der Waals surface area contributed by atoms with Gasteiger partial charge in [-0.2, -0.15) is 0 Å². The smallest absolute Gasteiger partial charge is 0.335 e. The number of amides is 2. The second kappa shape index (κ2) is 6.39. The van der Waals surface area contributed by atoms with Crippen molar-refractivity contribution in [3.63, 3.8) is 0 Å². The number of hydrogen-bond acceptors (Lipinski definition) is 3. The van der Waals surface area contributed by atoms with Crippen LogP contribution < -0.4 is 10.6 Å². The maximum absolute atomic E-state index is 11.7. The average Bonchev–Trinajstić information content (AvgIpc) is 3.16. The van der Waals surface area contributed by atoms with Gasteiger partial charge in [-0.25, -0.2) is 4.79 Å². The number of rotatable bonds is 6. The van der Waals surface area contributed by atoms with Gasteiger partial charge < -0.3 is 15.7 Å². The highest BCUT2D eigenvalue weighted by Crippen LogP contribution is 2.37. The Labute approximate surface area is 122 Å². The number of carbonyl (C=O) groups excluding carboxylic acids is 2. The van der Waals surface area contributed by atoms with E-state index in [1.54, 1.807) is 12.1 Å². The first-order chi connectivity index (χ1) is 9.97. The molecule has 0 aromatic heterocycles. The van der Waals surface area contributed by atoms with Gasteiger partial charge in [0.15, 0.2) is 0 Å². The van der Waals surface area contributed by atoms with Crippen LogP contribution in [0.4, 0.5) is 5.69 Å². The first-order valence-electron chi connectivity index (χ1n) is 6.88. The van der Waals surface area contributed by atoms with Crippen LogP contribution in [0.3, 0.4) is 0 Å². The minimum absolute atomic E-state index is 0.00294. The molecule has 2 rings (SSSR count). The molecule has 112 valence electrons. The standard InChI is InChI=1S/C15H18N2O4/c1-9-7-12(9)14(19)16-6-5-13(18)17-11-4-2-3-10(8-11)15(20)21/h2-4,8-9,12H,5-7H2,1H3,(H,16,19)(H,17,18)(H,20,21). The van der Waals surface area contributed by atoms with Crippen molar-refractivity contribution in [2.45, 2.75) is 19.8 Å². The summed E-state index contributed by atoms with van der Waals surface area (Å²) in [5.41, 5.74) is 0.547. The molecule has 3 N–H and O–H groups in total. The van der Waals surface area contributed by atoms with E-state index in [1.807, 2.05) is 6.92 Å². The third kappa shape index (κ3) is 4.30. The fourth-order valence-electron chi connectivity index (χ4n) is 2.07. The molecule has 0 bridgehead atoms. The molecule has 2 unspecified atom stereocenters. The number of aromatic carboxylic acids is 1. The number of nitrogens with one attached hydrogen (secondary N) is 2. The van der Waals surface area contributed by atoms with Gasteiger partial charge in [0.1, 0.15) is 0 Å². The van der Waals surface area contributed by atoms with E-state index < -0.39 is 5.97 Å². The van der Waals surface area contributed by atoms with Gasteiger partial charge in [0.25, 0.3) is 0 Å². The minimum atomic E-state index is -1.04. The van der Waals surface area contributed by atoms with E-state index in [9.17, 15) is 14.4 Å². The Morgan fingerprint density at radius 3 is 2.67 bits per heavy atom. The molecule has 1 fully saturated rings. The fraction of sp³-hybridized carbons (Fsp3) is 0.400. The van der Waals surface area contributed by atoms with Crippen LogP contribution in [0.2, 0.25) is 0 Å². The molecular formula is C15H18N2O4. The van der Waals surface area contributed by atoms with Gasteiger partial charge in [0.2, 0.25) is 11.8 Å². The minimum Gasteiger partial charge on any atom is -0.478 e. The van der Waals surface area contributed by atoms with E-state index in [4.69, 9.17) is 5.11 Å². The largest absolute Gasteiger partial charge is 0.478 e. The lowest BCUT2D eigenvalue weighted by Gasteiger charge is -2.07. The molecule has 1 aromatic rings. The molecule has 1 saturated carbocycles. The van der Waals surface area contributed by atoms with Gasteiger partial charge in [-0.1, -0.05) is 13.0 Å². The van der Waals surface area contributed by atoms with Crippen molar-refractivity contribution in [2.75, 3.05) is 11.9 Å². The Bertz CT molecular complexity index is 571. The summed E-state index contributed by atoms with van der Waals surface area (Å²) >= 11 is 0. The highest BCUT2D eigenvalue weighted by atomic mass is 16.4. The van der Waals surface area contributed by atoms with E-state index in [1.165, 1.54) is 12.1 Å². The Morgan fingerprint density at radius 1 is 1.33 bits per heavy atom. The van der Waals surface area contributed by atoms with Crippen molar-refractivity contribution in [3.8, 4) is 0 Å². The molecule has 1 aromatic carbocycles. The van der Waals surface area contributed by atoms with Crippen LogP contribution in [0.1, 0.15) is 30.1 Å². The third-order valence-corrected chi connectivity index (χ3v) is 3.49. The summed E-state index contributed by atoms with van der Waals surface area (Å²) in [6, 6.07) is 6.03. The lowest BCUT2D eigenvalue weighted by Crippen LogP contribution is -2.29. The Morgan fingerprint density at radius 2 is 2.05 bits per heavy atom. The van der Waals surface area contributed by atoms with Gasteiger partial charge in [-0.15, -0.1) is 0 Å². The molecule has 0 radical (unpaired) electrons. The lowest BCUT2D eigenvalue weighted by atomic mass is 10.2. The predicted molar refractivity (Wildman–Crippen MR) is 76.9 cm³/mol. The number of carboxylic acid groups (broad SMARTS) is 1. The summed E-state index contributed by atoms with van der Waals surface area (Å²) < 4.78 is 0. The van der Waals surface area contributed by atoms with E-state index in [2.05, 4.69) is 10.6 Å². The quantitative estimate of drug-likeness (QED) is 0.739. The van der Waals surface area contributed by atoms with E-state index in [0.29, 0.717) is 11.6 Å². The highest BCUT2D eigenvalue weighted by molar-refractivity contribution is 5.94. The zero-order valence-electron chi connectivity index (χ0n) is 11.8. The van der Waals surface area contributed by atoms with Crippen LogP contribution in [0.15, 0.2) is 24.3 Å². The number of hydrogen-bond donors (Lipinski definition) is 3. The molecular weight excluding hydrogens is 272 g/mol. The van der Waals surface area contributed by atoms with Gasteiger partial charge >= 0.3 is 5.97 Å². The number of carbonyl (C=O) groups is 3. The Hall–Kier alpha value is -2.37. The van der Waals surface area contributed by atoms with Crippen molar-refractivity contribution >= 4 is 23.5 Å². The molecule has 1 aliphatic carbocycles. The van der Waals surface area contributed by atoms with Crippen molar-refractivity contribution in [1.82, 2.24) is 5.32 Å². The summed E-state index contributed by atoms with van der Waals surface area (Å²) in [5.74, 6) is -0.764. The lowest BCUT2D eigenvalue weighted by molar-refractivity contribution is -0.122. The summed E-state index contributed by atoms with van der Waals surface area (Å²) in [5, 5.41) is 14.2.